The molecule has 1 atom stereocenters. The van der Waals surface area contributed by atoms with Crippen LogP contribution in [-0.2, 0) is 0 Å². The van der Waals surface area contributed by atoms with Crippen LogP contribution in [0.5, 0.6) is 0 Å². The Morgan fingerprint density at radius 2 is 1.95 bits per heavy atom. The van der Waals surface area contributed by atoms with Crippen LogP contribution in [0.3, 0.4) is 0 Å². The van der Waals surface area contributed by atoms with E-state index in [1.54, 1.807) is 0 Å². The van der Waals surface area contributed by atoms with Crippen LogP contribution < -0.4 is 4.90 Å². The predicted octanol–water partition coefficient (Wildman–Crippen LogP) is 3.93. The zero-order valence-corrected chi connectivity index (χ0v) is 13.6. The molecule has 1 unspecified atom stereocenters. The molecule has 3 rings (SSSR count). The summed E-state index contributed by atoms with van der Waals surface area (Å²) in [5.41, 5.74) is 2.79. The Bertz CT molecular complexity index is 466. The molecule has 21 heavy (non-hydrogen) atoms. The molecule has 2 aliphatic heterocycles. The minimum atomic E-state index is 0.603. The van der Waals surface area contributed by atoms with Crippen LogP contribution in [-0.4, -0.2) is 36.1 Å². The molecular formula is C18H29N3. The Hall–Kier alpha value is -1.09. The Morgan fingerprint density at radius 3 is 2.67 bits per heavy atom. The summed E-state index contributed by atoms with van der Waals surface area (Å²) in [5, 5.41) is 0. The average Bonchev–Trinajstić information content (AvgIpc) is 2.97. The van der Waals surface area contributed by atoms with Gasteiger partial charge in [-0.3, -0.25) is 4.90 Å². The highest BCUT2D eigenvalue weighted by Crippen LogP contribution is 2.33. The van der Waals surface area contributed by atoms with E-state index < -0.39 is 0 Å². The minimum absolute atomic E-state index is 0.603. The molecule has 2 aliphatic rings. The molecule has 0 aromatic carbocycles. The van der Waals surface area contributed by atoms with Gasteiger partial charge in [-0.1, -0.05) is 6.92 Å². The van der Waals surface area contributed by atoms with E-state index in [4.69, 9.17) is 4.98 Å². The molecule has 0 saturated carbocycles. The van der Waals surface area contributed by atoms with Crippen molar-refractivity contribution in [3.63, 3.8) is 0 Å². The van der Waals surface area contributed by atoms with Gasteiger partial charge in [0.15, 0.2) is 0 Å². The molecular weight excluding hydrogens is 258 g/mol. The molecule has 2 saturated heterocycles. The number of hydrogen-bond donors (Lipinski definition) is 0. The lowest BCUT2D eigenvalue weighted by Crippen LogP contribution is -2.31. The topological polar surface area (TPSA) is 19.4 Å². The van der Waals surface area contributed by atoms with E-state index >= 15 is 0 Å². The lowest BCUT2D eigenvalue weighted by molar-refractivity contribution is 0.257. The normalized spacial score (nSPS) is 23.7. The zero-order chi connectivity index (χ0) is 14.7. The molecule has 0 bridgehead atoms. The highest BCUT2D eigenvalue weighted by atomic mass is 15.2. The molecule has 0 N–H and O–H groups in total. The standard InChI is InChI=1S/C18H29N3/c1-3-9-20-12-7-8-17(20)16-13-15(2)18(19-14-16)21-10-5-4-6-11-21/h13-14,17H,3-12H2,1-2H3. The van der Waals surface area contributed by atoms with Crippen LogP contribution in [0.1, 0.15) is 62.6 Å². The minimum Gasteiger partial charge on any atom is -0.356 e. The van der Waals surface area contributed by atoms with Crippen molar-refractivity contribution < 1.29 is 0 Å². The van der Waals surface area contributed by atoms with Gasteiger partial charge in [0.2, 0.25) is 0 Å². The lowest BCUT2D eigenvalue weighted by Gasteiger charge is -2.30. The van der Waals surface area contributed by atoms with Crippen LogP contribution >= 0.6 is 0 Å². The number of aryl methyl sites for hydroxylation is 1. The second-order valence-corrected chi connectivity index (χ2v) is 6.65. The second-order valence-electron chi connectivity index (χ2n) is 6.65. The van der Waals surface area contributed by atoms with Gasteiger partial charge >= 0.3 is 0 Å². The first-order chi connectivity index (χ1) is 10.3. The zero-order valence-electron chi connectivity index (χ0n) is 13.6. The van der Waals surface area contributed by atoms with Crippen molar-refractivity contribution in [2.24, 2.45) is 0 Å². The van der Waals surface area contributed by atoms with Crippen molar-refractivity contribution in [3.8, 4) is 0 Å². The van der Waals surface area contributed by atoms with Gasteiger partial charge in [0, 0.05) is 25.3 Å². The van der Waals surface area contributed by atoms with Crippen LogP contribution in [0.25, 0.3) is 0 Å². The summed E-state index contributed by atoms with van der Waals surface area (Å²) in [5.74, 6) is 1.22. The summed E-state index contributed by atoms with van der Waals surface area (Å²) in [7, 11) is 0. The van der Waals surface area contributed by atoms with Crippen LogP contribution in [0, 0.1) is 6.92 Å². The Kier molecular flexibility index (Phi) is 4.79. The van der Waals surface area contributed by atoms with Gasteiger partial charge in [-0.2, -0.15) is 0 Å². The summed E-state index contributed by atoms with van der Waals surface area (Å²) >= 11 is 0. The molecule has 0 spiro atoms. The fourth-order valence-corrected chi connectivity index (χ4v) is 3.97. The Labute approximate surface area is 129 Å². The number of anilines is 1. The van der Waals surface area contributed by atoms with Gasteiger partial charge in [-0.05, 0) is 75.7 Å². The van der Waals surface area contributed by atoms with Crippen molar-refractivity contribution in [2.45, 2.75) is 58.4 Å². The number of likely N-dealkylation sites (tertiary alicyclic amines) is 1. The highest BCUT2D eigenvalue weighted by molar-refractivity contribution is 5.48. The van der Waals surface area contributed by atoms with E-state index in [-0.39, 0.29) is 0 Å². The fourth-order valence-electron chi connectivity index (χ4n) is 3.97. The Balaban J connectivity index is 1.77. The molecule has 3 nitrogen and oxygen atoms in total. The molecule has 1 aromatic heterocycles. The maximum absolute atomic E-state index is 4.84. The number of rotatable bonds is 4. The third-order valence-electron chi connectivity index (χ3n) is 4.99. The maximum atomic E-state index is 4.84. The molecule has 116 valence electrons. The number of nitrogens with zero attached hydrogens (tertiary/aromatic N) is 3. The van der Waals surface area contributed by atoms with Gasteiger partial charge in [0.1, 0.15) is 5.82 Å². The summed E-state index contributed by atoms with van der Waals surface area (Å²) in [6, 6.07) is 3.00. The molecule has 0 radical (unpaired) electrons. The number of hydrogen-bond acceptors (Lipinski definition) is 3. The molecule has 3 heteroatoms. The molecule has 3 heterocycles. The summed E-state index contributed by atoms with van der Waals surface area (Å²) in [6.45, 7) is 9.35. The van der Waals surface area contributed by atoms with Crippen molar-refractivity contribution in [1.82, 2.24) is 9.88 Å². The van der Waals surface area contributed by atoms with E-state index in [1.807, 2.05) is 0 Å². The maximum Gasteiger partial charge on any atom is 0.131 e. The third-order valence-corrected chi connectivity index (χ3v) is 4.99. The van der Waals surface area contributed by atoms with E-state index in [2.05, 4.69) is 35.9 Å². The quantitative estimate of drug-likeness (QED) is 0.836. The largest absolute Gasteiger partial charge is 0.356 e. The summed E-state index contributed by atoms with van der Waals surface area (Å²) in [6.07, 6.45) is 10.0. The molecule has 1 aromatic rings. The summed E-state index contributed by atoms with van der Waals surface area (Å²) < 4.78 is 0. The van der Waals surface area contributed by atoms with Crippen molar-refractivity contribution >= 4 is 5.82 Å². The monoisotopic (exact) mass is 287 g/mol. The van der Waals surface area contributed by atoms with Crippen LogP contribution in [0.15, 0.2) is 12.3 Å². The molecule has 0 amide bonds. The van der Waals surface area contributed by atoms with Gasteiger partial charge < -0.3 is 4.90 Å². The average molecular weight is 287 g/mol. The first-order valence-electron chi connectivity index (χ1n) is 8.75. The van der Waals surface area contributed by atoms with E-state index in [0.717, 1.165) is 0 Å². The van der Waals surface area contributed by atoms with Crippen molar-refractivity contribution in [3.05, 3.63) is 23.4 Å². The lowest BCUT2D eigenvalue weighted by atomic mass is 10.0. The van der Waals surface area contributed by atoms with Gasteiger partial charge in [0.25, 0.3) is 0 Å². The van der Waals surface area contributed by atoms with E-state index in [0.29, 0.717) is 6.04 Å². The van der Waals surface area contributed by atoms with E-state index in [1.165, 1.54) is 81.6 Å². The first-order valence-corrected chi connectivity index (χ1v) is 8.75. The van der Waals surface area contributed by atoms with Gasteiger partial charge in [-0.15, -0.1) is 0 Å². The molecule has 0 aliphatic carbocycles. The van der Waals surface area contributed by atoms with Crippen molar-refractivity contribution in [1.29, 1.82) is 0 Å². The number of pyridine rings is 1. The molecule has 2 fully saturated rings. The SMILES string of the molecule is CCCN1CCCC1c1cnc(N2CCCCC2)c(C)c1. The Morgan fingerprint density at radius 1 is 1.14 bits per heavy atom. The highest BCUT2D eigenvalue weighted by Gasteiger charge is 2.26. The van der Waals surface area contributed by atoms with Gasteiger partial charge in [-0.25, -0.2) is 4.98 Å². The predicted molar refractivity (Wildman–Crippen MR) is 88.9 cm³/mol. The van der Waals surface area contributed by atoms with Gasteiger partial charge in [0.05, 0.1) is 0 Å². The fraction of sp³-hybridized carbons (Fsp3) is 0.722. The third kappa shape index (κ3) is 3.23. The van der Waals surface area contributed by atoms with Crippen LogP contribution in [0.4, 0.5) is 5.82 Å². The smallest absolute Gasteiger partial charge is 0.131 e. The van der Waals surface area contributed by atoms with Crippen LogP contribution in [0.2, 0.25) is 0 Å². The van der Waals surface area contributed by atoms with Crippen molar-refractivity contribution in [2.75, 3.05) is 31.1 Å². The summed E-state index contributed by atoms with van der Waals surface area (Å²) in [4.78, 5) is 9.95. The van der Waals surface area contributed by atoms with E-state index in [9.17, 15) is 0 Å². The number of piperidine rings is 1. The second kappa shape index (κ2) is 6.78. The number of aromatic nitrogens is 1. The first kappa shape index (κ1) is 14.8.